The Morgan fingerprint density at radius 2 is 1.87 bits per heavy atom. The summed E-state index contributed by atoms with van der Waals surface area (Å²) >= 11 is 1.60. The Labute approximate surface area is 265 Å². The second-order valence-corrected chi connectivity index (χ2v) is 13.3. The Hall–Kier alpha value is -3.79. The highest BCUT2D eigenvalue weighted by molar-refractivity contribution is 7.99. The van der Waals surface area contributed by atoms with Crippen molar-refractivity contribution in [3.63, 3.8) is 0 Å². The molecule has 1 amide bonds. The molecule has 2 saturated heterocycles. The van der Waals surface area contributed by atoms with E-state index < -0.39 is 11.6 Å². The second kappa shape index (κ2) is 12.5. The molecular weight excluding hydrogens is 596 g/mol. The minimum atomic E-state index is -0.653. The molecule has 0 unspecified atom stereocenters. The SMILES string of the molecule is C=CC(=O)N1C[C@H](C)N(c2nc(=O)n3c4c(c(-c5ccc(F)cc5F)c(C)cc24)SC[C@@H]3CN2CCN(CC#N)CC2)C[C@H]1C. The van der Waals surface area contributed by atoms with Gasteiger partial charge in [0.15, 0.2) is 0 Å². The van der Waals surface area contributed by atoms with Gasteiger partial charge in [0.1, 0.15) is 17.5 Å². The number of thioether (sulfide) groups is 1. The van der Waals surface area contributed by atoms with E-state index in [-0.39, 0.29) is 29.7 Å². The largest absolute Gasteiger partial charge is 0.350 e. The van der Waals surface area contributed by atoms with Crippen molar-refractivity contribution in [3.8, 4) is 17.2 Å². The zero-order chi connectivity index (χ0) is 32.0. The van der Waals surface area contributed by atoms with Gasteiger partial charge in [-0.1, -0.05) is 6.58 Å². The average Bonchev–Trinajstić information content (AvgIpc) is 3.01. The van der Waals surface area contributed by atoms with Crippen molar-refractivity contribution in [3.05, 3.63) is 64.6 Å². The lowest BCUT2D eigenvalue weighted by Gasteiger charge is -2.45. The van der Waals surface area contributed by atoms with Crippen LogP contribution in [0, 0.1) is 29.9 Å². The normalized spacial score (nSPS) is 22.4. The lowest BCUT2D eigenvalue weighted by Crippen LogP contribution is -2.58. The van der Waals surface area contributed by atoms with Crippen LogP contribution < -0.4 is 10.6 Å². The van der Waals surface area contributed by atoms with Crippen molar-refractivity contribution in [1.82, 2.24) is 24.3 Å². The molecule has 3 aliphatic rings. The fourth-order valence-corrected chi connectivity index (χ4v) is 8.35. The van der Waals surface area contributed by atoms with Gasteiger partial charge in [-0.05, 0) is 50.6 Å². The number of amides is 1. The van der Waals surface area contributed by atoms with Crippen molar-refractivity contribution >= 4 is 34.4 Å². The molecule has 12 heteroatoms. The molecule has 2 aromatic carbocycles. The van der Waals surface area contributed by atoms with Crippen molar-refractivity contribution in [2.45, 2.75) is 43.8 Å². The van der Waals surface area contributed by atoms with Crippen molar-refractivity contribution in [2.24, 2.45) is 0 Å². The first-order chi connectivity index (χ1) is 21.6. The maximum absolute atomic E-state index is 15.3. The van der Waals surface area contributed by atoms with E-state index in [1.165, 1.54) is 18.2 Å². The van der Waals surface area contributed by atoms with E-state index >= 15 is 4.39 Å². The van der Waals surface area contributed by atoms with Crippen LogP contribution in [0.3, 0.4) is 0 Å². The Morgan fingerprint density at radius 3 is 2.56 bits per heavy atom. The third-order valence-corrected chi connectivity index (χ3v) is 10.5. The Balaban J connectivity index is 1.48. The van der Waals surface area contributed by atoms with E-state index in [9.17, 15) is 14.0 Å². The van der Waals surface area contributed by atoms with Gasteiger partial charge in [-0.25, -0.2) is 13.6 Å². The number of carbonyl (C=O) groups is 1. The summed E-state index contributed by atoms with van der Waals surface area (Å²) in [6, 6.07) is 7.39. The molecule has 1 aromatic heterocycles. The third kappa shape index (κ3) is 5.73. The molecule has 2 fully saturated rings. The number of aromatic nitrogens is 2. The summed E-state index contributed by atoms with van der Waals surface area (Å²) in [5.74, 6) is -0.283. The highest BCUT2D eigenvalue weighted by Crippen LogP contribution is 2.46. The number of carbonyl (C=O) groups excluding carboxylic acids is 1. The van der Waals surface area contributed by atoms with Gasteiger partial charge in [-0.2, -0.15) is 10.2 Å². The summed E-state index contributed by atoms with van der Waals surface area (Å²) in [6.45, 7) is 14.7. The van der Waals surface area contributed by atoms with Gasteiger partial charge in [-0.15, -0.1) is 11.8 Å². The number of halogens is 2. The number of nitriles is 1. The number of benzene rings is 2. The summed E-state index contributed by atoms with van der Waals surface area (Å²) in [5.41, 5.74) is 2.09. The molecule has 0 bridgehead atoms. The first-order valence-corrected chi connectivity index (χ1v) is 16.3. The zero-order valence-electron chi connectivity index (χ0n) is 25.8. The number of nitrogens with zero attached hydrogens (tertiary/aromatic N) is 7. The molecule has 3 aromatic rings. The fraction of sp³-hybridized carbons (Fsp3) is 0.455. The van der Waals surface area contributed by atoms with E-state index in [0.717, 1.165) is 48.1 Å². The van der Waals surface area contributed by atoms with Crippen molar-refractivity contribution in [2.75, 3.05) is 63.0 Å². The summed E-state index contributed by atoms with van der Waals surface area (Å²) < 4.78 is 31.0. The van der Waals surface area contributed by atoms with Crippen molar-refractivity contribution < 1.29 is 13.6 Å². The van der Waals surface area contributed by atoms with Gasteiger partial charge in [0, 0.05) is 91.1 Å². The molecular formula is C33H37F2N7O2S. The molecule has 3 aliphatic heterocycles. The molecule has 45 heavy (non-hydrogen) atoms. The maximum Gasteiger partial charge on any atom is 0.350 e. The first kappa shape index (κ1) is 31.2. The lowest BCUT2D eigenvalue weighted by molar-refractivity contribution is -0.128. The number of aryl methyl sites for hydroxylation is 1. The lowest BCUT2D eigenvalue weighted by atomic mass is 9.96. The van der Waals surface area contributed by atoms with Gasteiger partial charge in [0.05, 0.1) is 24.2 Å². The van der Waals surface area contributed by atoms with Gasteiger partial charge in [0.2, 0.25) is 5.91 Å². The van der Waals surface area contributed by atoms with Crippen LogP contribution in [0.2, 0.25) is 0 Å². The van der Waals surface area contributed by atoms with E-state index in [2.05, 4.69) is 27.3 Å². The molecule has 0 N–H and O–H groups in total. The molecule has 4 heterocycles. The van der Waals surface area contributed by atoms with Gasteiger partial charge >= 0.3 is 5.69 Å². The predicted molar refractivity (Wildman–Crippen MR) is 173 cm³/mol. The number of hydrogen-bond donors (Lipinski definition) is 0. The smallest absolute Gasteiger partial charge is 0.349 e. The molecule has 0 spiro atoms. The van der Waals surface area contributed by atoms with Crippen LogP contribution in [-0.2, 0) is 4.79 Å². The van der Waals surface area contributed by atoms with E-state index in [1.54, 1.807) is 21.2 Å². The van der Waals surface area contributed by atoms with Crippen LogP contribution in [0.25, 0.3) is 22.0 Å². The summed E-state index contributed by atoms with van der Waals surface area (Å²) in [5, 5.41) is 9.88. The topological polar surface area (TPSA) is 88.7 Å². The second-order valence-electron chi connectivity index (χ2n) is 12.3. The Kier molecular flexibility index (Phi) is 8.70. The highest BCUT2D eigenvalue weighted by atomic mass is 32.2. The van der Waals surface area contributed by atoms with Gasteiger partial charge in [-0.3, -0.25) is 19.2 Å². The minimum Gasteiger partial charge on any atom is -0.349 e. The van der Waals surface area contributed by atoms with Crippen molar-refractivity contribution in [1.29, 1.82) is 5.26 Å². The first-order valence-electron chi connectivity index (χ1n) is 15.3. The van der Waals surface area contributed by atoms with Crippen LogP contribution >= 0.6 is 11.8 Å². The molecule has 3 atom stereocenters. The Morgan fingerprint density at radius 1 is 1.13 bits per heavy atom. The minimum absolute atomic E-state index is 0.120. The van der Waals surface area contributed by atoms with Crippen LogP contribution in [0.1, 0.15) is 25.5 Å². The third-order valence-electron chi connectivity index (χ3n) is 9.27. The number of piperazine rings is 2. The number of anilines is 1. The summed E-state index contributed by atoms with van der Waals surface area (Å²) in [6.07, 6.45) is 1.33. The van der Waals surface area contributed by atoms with Crippen LogP contribution in [0.15, 0.2) is 46.6 Å². The van der Waals surface area contributed by atoms with Crippen LogP contribution in [-0.4, -0.2) is 100 Å². The molecule has 0 aliphatic carbocycles. The molecule has 9 nitrogen and oxygen atoms in total. The van der Waals surface area contributed by atoms with Gasteiger partial charge < -0.3 is 9.80 Å². The predicted octanol–water partition coefficient (Wildman–Crippen LogP) is 4.05. The number of hydrogen-bond acceptors (Lipinski definition) is 8. The molecule has 6 rings (SSSR count). The summed E-state index contributed by atoms with van der Waals surface area (Å²) in [7, 11) is 0. The van der Waals surface area contributed by atoms with Gasteiger partial charge in [0.25, 0.3) is 0 Å². The van der Waals surface area contributed by atoms with E-state index in [0.29, 0.717) is 54.4 Å². The summed E-state index contributed by atoms with van der Waals surface area (Å²) in [4.78, 5) is 40.5. The standard InChI is InChI=1S/C33H37F2N7O2S/c1-5-28(43)40-16-22(4)41(17-21(40)3)32-26-14-20(2)29(25-7-6-23(34)15-27(25)35)31-30(26)42(33(44)37-32)24(19-45-31)18-39-12-10-38(9-8-36)11-13-39/h5-7,14-15,21-22,24H,1,9-13,16-19H2,2-4H3/t21-,22+,24+/m1/s1. The average molecular weight is 634 g/mol. The fourth-order valence-electron chi connectivity index (χ4n) is 6.97. The van der Waals surface area contributed by atoms with E-state index in [4.69, 9.17) is 10.2 Å². The van der Waals surface area contributed by atoms with Crippen LogP contribution in [0.5, 0.6) is 0 Å². The molecule has 0 saturated carbocycles. The van der Waals surface area contributed by atoms with Crippen LogP contribution in [0.4, 0.5) is 14.6 Å². The quantitative estimate of drug-likeness (QED) is 0.297. The maximum atomic E-state index is 15.3. The Bertz CT molecular complexity index is 1760. The molecule has 236 valence electrons. The molecule has 0 radical (unpaired) electrons. The highest BCUT2D eigenvalue weighted by Gasteiger charge is 2.36. The van der Waals surface area contributed by atoms with E-state index in [1.807, 2.05) is 26.8 Å². The number of rotatable bonds is 6. The monoisotopic (exact) mass is 633 g/mol. The zero-order valence-corrected chi connectivity index (χ0v) is 26.6.